The first-order valence-electron chi connectivity index (χ1n) is 6.81. The molecule has 0 aromatic carbocycles. The lowest BCUT2D eigenvalue weighted by Crippen LogP contribution is -2.19. The molecule has 0 aliphatic heterocycles. The van der Waals surface area contributed by atoms with Crippen molar-refractivity contribution in [2.24, 2.45) is 0 Å². The van der Waals surface area contributed by atoms with Crippen molar-refractivity contribution in [2.45, 2.75) is 39.2 Å². The lowest BCUT2D eigenvalue weighted by atomic mass is 10.1. The molecule has 5 heteroatoms. The molecule has 0 radical (unpaired) electrons. The molecule has 1 aliphatic rings. The van der Waals surface area contributed by atoms with Gasteiger partial charge in [0.25, 0.3) is 5.95 Å². The quantitative estimate of drug-likeness (QED) is 0.883. The van der Waals surface area contributed by atoms with E-state index < -0.39 is 0 Å². The van der Waals surface area contributed by atoms with Crippen molar-refractivity contribution in [3.05, 3.63) is 35.4 Å². The molecular formula is C14H19N5. The number of aryl methyl sites for hydroxylation is 1. The zero-order chi connectivity index (χ0) is 13.2. The van der Waals surface area contributed by atoms with Gasteiger partial charge in [0.05, 0.1) is 5.69 Å². The highest BCUT2D eigenvalue weighted by Crippen LogP contribution is 2.19. The van der Waals surface area contributed by atoms with Crippen LogP contribution < -0.4 is 5.32 Å². The van der Waals surface area contributed by atoms with Crippen molar-refractivity contribution in [2.75, 3.05) is 6.54 Å². The summed E-state index contributed by atoms with van der Waals surface area (Å²) in [5.41, 5.74) is 3.52. The molecule has 1 aliphatic carbocycles. The first kappa shape index (κ1) is 12.3. The van der Waals surface area contributed by atoms with Crippen LogP contribution in [0.1, 0.15) is 29.8 Å². The standard InChI is InChI=1S/C14H19N5/c1-10-13(6-9-15-12-4-5-12)11(2)19(18-10)14-16-7-3-8-17-14/h3,7-8,12,15H,4-6,9H2,1-2H3. The van der Waals surface area contributed by atoms with E-state index in [-0.39, 0.29) is 0 Å². The lowest BCUT2D eigenvalue weighted by Gasteiger charge is -2.04. The van der Waals surface area contributed by atoms with Crippen LogP contribution in [0.25, 0.3) is 5.95 Å². The van der Waals surface area contributed by atoms with Gasteiger partial charge in [-0.1, -0.05) is 0 Å². The van der Waals surface area contributed by atoms with Gasteiger partial charge in [-0.3, -0.25) is 0 Å². The minimum absolute atomic E-state index is 0.643. The summed E-state index contributed by atoms with van der Waals surface area (Å²) in [5, 5.41) is 8.10. The second-order valence-electron chi connectivity index (χ2n) is 5.09. The molecule has 0 spiro atoms. The average Bonchev–Trinajstić information content (AvgIpc) is 3.20. The van der Waals surface area contributed by atoms with Gasteiger partial charge in [-0.05, 0) is 51.3 Å². The van der Waals surface area contributed by atoms with Crippen molar-refractivity contribution < 1.29 is 0 Å². The molecule has 0 saturated heterocycles. The molecule has 2 heterocycles. The zero-order valence-corrected chi connectivity index (χ0v) is 11.4. The van der Waals surface area contributed by atoms with Gasteiger partial charge in [0.2, 0.25) is 0 Å². The molecule has 19 heavy (non-hydrogen) atoms. The predicted octanol–water partition coefficient (Wildman–Crippen LogP) is 1.57. The predicted molar refractivity (Wildman–Crippen MR) is 73.4 cm³/mol. The third-order valence-electron chi connectivity index (χ3n) is 3.57. The maximum absolute atomic E-state index is 4.56. The van der Waals surface area contributed by atoms with Gasteiger partial charge >= 0.3 is 0 Å². The average molecular weight is 257 g/mol. The van der Waals surface area contributed by atoms with Crippen LogP contribution in [0.15, 0.2) is 18.5 Å². The molecule has 100 valence electrons. The molecule has 2 aromatic rings. The van der Waals surface area contributed by atoms with Crippen LogP contribution in [0.5, 0.6) is 0 Å². The molecule has 0 atom stereocenters. The molecule has 0 unspecified atom stereocenters. The van der Waals surface area contributed by atoms with E-state index in [0.29, 0.717) is 5.95 Å². The summed E-state index contributed by atoms with van der Waals surface area (Å²) in [7, 11) is 0. The van der Waals surface area contributed by atoms with Crippen molar-refractivity contribution in [3.8, 4) is 5.95 Å². The highest BCUT2D eigenvalue weighted by atomic mass is 15.4. The highest BCUT2D eigenvalue weighted by Gasteiger charge is 2.20. The van der Waals surface area contributed by atoms with Crippen LogP contribution in [0.4, 0.5) is 0 Å². The zero-order valence-electron chi connectivity index (χ0n) is 11.4. The SMILES string of the molecule is Cc1nn(-c2ncccn2)c(C)c1CCNC1CC1. The van der Waals surface area contributed by atoms with Crippen molar-refractivity contribution in [1.29, 1.82) is 0 Å². The lowest BCUT2D eigenvalue weighted by molar-refractivity contribution is 0.679. The van der Waals surface area contributed by atoms with Crippen molar-refractivity contribution >= 4 is 0 Å². The molecule has 2 aromatic heterocycles. The van der Waals surface area contributed by atoms with Gasteiger partial charge in [-0.2, -0.15) is 5.10 Å². The second-order valence-corrected chi connectivity index (χ2v) is 5.09. The number of hydrogen-bond acceptors (Lipinski definition) is 4. The fourth-order valence-electron chi connectivity index (χ4n) is 2.32. The summed E-state index contributed by atoms with van der Waals surface area (Å²) in [5.74, 6) is 0.643. The Hall–Kier alpha value is -1.75. The molecular weight excluding hydrogens is 238 g/mol. The van der Waals surface area contributed by atoms with E-state index in [0.717, 1.165) is 30.4 Å². The summed E-state index contributed by atoms with van der Waals surface area (Å²) in [4.78, 5) is 8.51. The van der Waals surface area contributed by atoms with E-state index in [1.54, 1.807) is 12.4 Å². The Morgan fingerprint density at radius 1 is 1.26 bits per heavy atom. The summed E-state index contributed by atoms with van der Waals surface area (Å²) >= 11 is 0. The number of rotatable bonds is 5. The van der Waals surface area contributed by atoms with E-state index in [4.69, 9.17) is 0 Å². The minimum Gasteiger partial charge on any atom is -0.314 e. The highest BCUT2D eigenvalue weighted by molar-refractivity contribution is 5.29. The van der Waals surface area contributed by atoms with Crippen LogP contribution in [-0.4, -0.2) is 32.3 Å². The largest absolute Gasteiger partial charge is 0.314 e. The Morgan fingerprint density at radius 3 is 2.68 bits per heavy atom. The van der Waals surface area contributed by atoms with E-state index in [2.05, 4.69) is 34.2 Å². The number of nitrogens with zero attached hydrogens (tertiary/aromatic N) is 4. The van der Waals surface area contributed by atoms with Gasteiger partial charge in [-0.15, -0.1) is 0 Å². The summed E-state index contributed by atoms with van der Waals surface area (Å²) in [6.45, 7) is 5.16. The Morgan fingerprint density at radius 2 is 2.00 bits per heavy atom. The van der Waals surface area contributed by atoms with Gasteiger partial charge in [0.15, 0.2) is 0 Å². The second kappa shape index (κ2) is 5.09. The molecule has 0 amide bonds. The maximum Gasteiger partial charge on any atom is 0.250 e. The Labute approximate surface area is 113 Å². The molecule has 1 fully saturated rings. The van der Waals surface area contributed by atoms with Gasteiger partial charge in [0, 0.05) is 24.1 Å². The van der Waals surface area contributed by atoms with E-state index in [1.807, 2.05) is 10.7 Å². The molecule has 3 rings (SSSR count). The summed E-state index contributed by atoms with van der Waals surface area (Å²) in [6.07, 6.45) is 7.16. The summed E-state index contributed by atoms with van der Waals surface area (Å²) in [6, 6.07) is 2.57. The summed E-state index contributed by atoms with van der Waals surface area (Å²) < 4.78 is 1.84. The van der Waals surface area contributed by atoms with Crippen LogP contribution in [0, 0.1) is 13.8 Å². The normalized spacial score (nSPS) is 14.8. The topological polar surface area (TPSA) is 55.6 Å². The third-order valence-corrected chi connectivity index (χ3v) is 3.57. The van der Waals surface area contributed by atoms with Gasteiger partial charge < -0.3 is 5.32 Å². The van der Waals surface area contributed by atoms with E-state index >= 15 is 0 Å². The first-order chi connectivity index (χ1) is 9.25. The van der Waals surface area contributed by atoms with Crippen LogP contribution in [0.3, 0.4) is 0 Å². The molecule has 1 N–H and O–H groups in total. The Kier molecular flexibility index (Phi) is 3.29. The third kappa shape index (κ3) is 2.66. The number of aromatic nitrogens is 4. The molecule has 1 saturated carbocycles. The fourth-order valence-corrected chi connectivity index (χ4v) is 2.32. The monoisotopic (exact) mass is 257 g/mol. The maximum atomic E-state index is 4.56. The van der Waals surface area contributed by atoms with Crippen molar-refractivity contribution in [1.82, 2.24) is 25.1 Å². The van der Waals surface area contributed by atoms with Crippen molar-refractivity contribution in [3.63, 3.8) is 0 Å². The van der Waals surface area contributed by atoms with E-state index in [9.17, 15) is 0 Å². The minimum atomic E-state index is 0.643. The van der Waals surface area contributed by atoms with Crippen LogP contribution in [-0.2, 0) is 6.42 Å². The number of hydrogen-bond donors (Lipinski definition) is 1. The van der Waals surface area contributed by atoms with Crippen LogP contribution >= 0.6 is 0 Å². The molecule has 5 nitrogen and oxygen atoms in total. The van der Waals surface area contributed by atoms with Gasteiger partial charge in [0.1, 0.15) is 0 Å². The van der Waals surface area contributed by atoms with Crippen LogP contribution in [0.2, 0.25) is 0 Å². The first-order valence-corrected chi connectivity index (χ1v) is 6.81. The molecule has 0 bridgehead atoms. The number of nitrogens with one attached hydrogen (secondary N) is 1. The van der Waals surface area contributed by atoms with E-state index in [1.165, 1.54) is 18.4 Å². The Bertz CT molecular complexity index is 557. The van der Waals surface area contributed by atoms with Gasteiger partial charge in [-0.25, -0.2) is 14.6 Å². The fraction of sp³-hybridized carbons (Fsp3) is 0.500. The Balaban J connectivity index is 1.79. The smallest absolute Gasteiger partial charge is 0.250 e.